The Balaban J connectivity index is 2.47. The first-order valence-corrected chi connectivity index (χ1v) is 3.14. The highest BCUT2D eigenvalue weighted by Gasteiger charge is 2.37. The highest BCUT2D eigenvalue weighted by Crippen LogP contribution is 2.38. The van der Waals surface area contributed by atoms with Gasteiger partial charge in [0.1, 0.15) is 0 Å². The second-order valence-corrected chi connectivity index (χ2v) is 2.59. The maximum absolute atomic E-state index is 12.3. The minimum Gasteiger partial charge on any atom is -0.207 e. The summed E-state index contributed by atoms with van der Waals surface area (Å²) in [5.74, 6) is -2.35. The van der Waals surface area contributed by atoms with Crippen molar-refractivity contribution in [2.75, 3.05) is 0 Å². The van der Waals surface area contributed by atoms with Crippen LogP contribution in [0.1, 0.15) is 19.3 Å². The van der Waals surface area contributed by atoms with Gasteiger partial charge < -0.3 is 0 Å². The minimum absolute atomic E-state index is 0.0104. The Hall–Kier alpha value is -0.400. The van der Waals surface area contributed by atoms with Crippen LogP contribution in [0.2, 0.25) is 0 Å². The normalized spacial score (nSPS) is 32.4. The third-order valence-electron chi connectivity index (χ3n) is 1.78. The number of hydrogen-bond donors (Lipinski definition) is 0. The van der Waals surface area contributed by atoms with Crippen molar-refractivity contribution in [2.24, 2.45) is 5.92 Å². The Kier molecular flexibility index (Phi) is 1.56. The van der Waals surface area contributed by atoms with Gasteiger partial charge in [0.05, 0.1) is 0 Å². The second kappa shape index (κ2) is 2.09. The van der Waals surface area contributed by atoms with Crippen molar-refractivity contribution in [3.8, 4) is 0 Å². The molecule has 1 saturated carbocycles. The van der Waals surface area contributed by atoms with Gasteiger partial charge in [-0.25, -0.2) is 8.78 Å². The smallest absolute Gasteiger partial charge is 0.207 e. The first kappa shape index (κ1) is 6.72. The molecular formula is C7H10F2. The van der Waals surface area contributed by atoms with Gasteiger partial charge in [0.15, 0.2) is 0 Å². The molecule has 1 aliphatic rings. The van der Waals surface area contributed by atoms with Crippen molar-refractivity contribution in [3.63, 3.8) is 0 Å². The zero-order valence-electron chi connectivity index (χ0n) is 5.24. The van der Waals surface area contributed by atoms with E-state index in [9.17, 15) is 8.78 Å². The SMILES string of the molecule is C=CC1CCC(F)(F)C1. The van der Waals surface area contributed by atoms with Crippen molar-refractivity contribution in [2.45, 2.75) is 25.2 Å². The molecule has 0 N–H and O–H groups in total. The molecule has 1 aliphatic carbocycles. The summed E-state index contributed by atoms with van der Waals surface area (Å²) in [5.41, 5.74) is 0. The molecule has 2 heteroatoms. The predicted molar refractivity (Wildman–Crippen MR) is 32.5 cm³/mol. The molecule has 0 spiro atoms. The minimum atomic E-state index is -2.40. The standard InChI is InChI=1S/C7H10F2/c1-2-6-3-4-7(8,9)5-6/h2,6H,1,3-5H2. The van der Waals surface area contributed by atoms with E-state index in [4.69, 9.17) is 0 Å². The molecule has 1 fully saturated rings. The van der Waals surface area contributed by atoms with Gasteiger partial charge in [0, 0.05) is 12.8 Å². The van der Waals surface area contributed by atoms with E-state index in [0.29, 0.717) is 6.42 Å². The van der Waals surface area contributed by atoms with Crippen LogP contribution in [0.15, 0.2) is 12.7 Å². The summed E-state index contributed by atoms with van der Waals surface area (Å²) in [4.78, 5) is 0. The molecule has 52 valence electrons. The Labute approximate surface area is 53.6 Å². The van der Waals surface area contributed by atoms with Gasteiger partial charge in [-0.3, -0.25) is 0 Å². The zero-order chi connectivity index (χ0) is 6.91. The molecule has 0 amide bonds. The molecule has 9 heavy (non-hydrogen) atoms. The van der Waals surface area contributed by atoms with E-state index in [1.54, 1.807) is 6.08 Å². The molecule has 0 aromatic heterocycles. The van der Waals surface area contributed by atoms with E-state index in [2.05, 4.69) is 6.58 Å². The number of halogens is 2. The first-order chi connectivity index (χ1) is 4.14. The Morgan fingerprint density at radius 2 is 2.22 bits per heavy atom. The number of allylic oxidation sites excluding steroid dienone is 1. The lowest BCUT2D eigenvalue weighted by Crippen LogP contribution is -2.08. The van der Waals surface area contributed by atoms with E-state index in [1.807, 2.05) is 0 Å². The van der Waals surface area contributed by atoms with Crippen molar-refractivity contribution in [3.05, 3.63) is 12.7 Å². The van der Waals surface area contributed by atoms with Crippen LogP contribution < -0.4 is 0 Å². The fourth-order valence-corrected chi connectivity index (χ4v) is 1.19. The van der Waals surface area contributed by atoms with Gasteiger partial charge in [0.2, 0.25) is 5.92 Å². The van der Waals surface area contributed by atoms with Crippen LogP contribution in [-0.2, 0) is 0 Å². The van der Waals surface area contributed by atoms with Crippen LogP contribution in [0.5, 0.6) is 0 Å². The molecule has 1 rings (SSSR count). The highest BCUT2D eigenvalue weighted by atomic mass is 19.3. The number of hydrogen-bond acceptors (Lipinski definition) is 0. The number of rotatable bonds is 1. The van der Waals surface area contributed by atoms with E-state index in [1.165, 1.54) is 0 Å². The van der Waals surface area contributed by atoms with Gasteiger partial charge in [-0.15, -0.1) is 6.58 Å². The maximum atomic E-state index is 12.3. The summed E-state index contributed by atoms with van der Waals surface area (Å²) in [7, 11) is 0. The van der Waals surface area contributed by atoms with Gasteiger partial charge in [0.25, 0.3) is 0 Å². The first-order valence-electron chi connectivity index (χ1n) is 3.14. The largest absolute Gasteiger partial charge is 0.248 e. The molecule has 0 radical (unpaired) electrons. The summed E-state index contributed by atoms with van der Waals surface area (Å²) in [6, 6.07) is 0. The van der Waals surface area contributed by atoms with Gasteiger partial charge in [-0.05, 0) is 12.3 Å². The van der Waals surface area contributed by atoms with E-state index in [-0.39, 0.29) is 18.8 Å². The molecule has 0 saturated heterocycles. The topological polar surface area (TPSA) is 0 Å². The molecule has 0 aromatic carbocycles. The summed E-state index contributed by atoms with van der Waals surface area (Å²) in [6.07, 6.45) is 2.29. The van der Waals surface area contributed by atoms with Gasteiger partial charge >= 0.3 is 0 Å². The molecule has 1 unspecified atom stereocenters. The van der Waals surface area contributed by atoms with Crippen LogP contribution in [0, 0.1) is 5.92 Å². The molecule has 0 nitrogen and oxygen atoms in total. The summed E-state index contributed by atoms with van der Waals surface area (Å²) in [5, 5.41) is 0. The lowest BCUT2D eigenvalue weighted by Gasteiger charge is -2.05. The number of alkyl halides is 2. The van der Waals surface area contributed by atoms with Crippen LogP contribution >= 0.6 is 0 Å². The summed E-state index contributed by atoms with van der Waals surface area (Å²) in [6.45, 7) is 3.47. The summed E-state index contributed by atoms with van der Waals surface area (Å²) >= 11 is 0. The van der Waals surface area contributed by atoms with E-state index in [0.717, 1.165) is 0 Å². The molecule has 0 bridgehead atoms. The van der Waals surface area contributed by atoms with Crippen LogP contribution in [0.25, 0.3) is 0 Å². The maximum Gasteiger partial charge on any atom is 0.248 e. The Morgan fingerprint density at radius 3 is 2.44 bits per heavy atom. The van der Waals surface area contributed by atoms with Gasteiger partial charge in [-0.2, -0.15) is 0 Å². The lowest BCUT2D eigenvalue weighted by molar-refractivity contribution is 0.00678. The second-order valence-electron chi connectivity index (χ2n) is 2.59. The van der Waals surface area contributed by atoms with Crippen LogP contribution in [0.3, 0.4) is 0 Å². The molecule has 0 aromatic rings. The zero-order valence-corrected chi connectivity index (χ0v) is 5.24. The quantitative estimate of drug-likeness (QED) is 0.481. The highest BCUT2D eigenvalue weighted by molar-refractivity contribution is 4.90. The van der Waals surface area contributed by atoms with Gasteiger partial charge in [-0.1, -0.05) is 6.08 Å². The van der Waals surface area contributed by atoms with Crippen molar-refractivity contribution in [1.29, 1.82) is 0 Å². The summed E-state index contributed by atoms with van der Waals surface area (Å²) < 4.78 is 24.7. The average Bonchev–Trinajstić information content (AvgIpc) is 2.10. The predicted octanol–water partition coefficient (Wildman–Crippen LogP) is 2.61. The lowest BCUT2D eigenvalue weighted by atomic mass is 10.1. The monoisotopic (exact) mass is 132 g/mol. The molecule has 0 heterocycles. The van der Waals surface area contributed by atoms with E-state index < -0.39 is 5.92 Å². The van der Waals surface area contributed by atoms with Crippen LogP contribution in [-0.4, -0.2) is 5.92 Å². The molecular weight excluding hydrogens is 122 g/mol. The molecule has 0 aliphatic heterocycles. The molecule has 1 atom stereocenters. The van der Waals surface area contributed by atoms with Crippen LogP contribution in [0.4, 0.5) is 8.78 Å². The van der Waals surface area contributed by atoms with Crippen molar-refractivity contribution >= 4 is 0 Å². The third kappa shape index (κ3) is 1.50. The average molecular weight is 132 g/mol. The van der Waals surface area contributed by atoms with Crippen molar-refractivity contribution < 1.29 is 8.78 Å². The van der Waals surface area contributed by atoms with E-state index >= 15 is 0 Å². The fourth-order valence-electron chi connectivity index (χ4n) is 1.19. The fraction of sp³-hybridized carbons (Fsp3) is 0.714. The van der Waals surface area contributed by atoms with Crippen molar-refractivity contribution in [1.82, 2.24) is 0 Å². The third-order valence-corrected chi connectivity index (χ3v) is 1.78. The Bertz CT molecular complexity index is 118. The Morgan fingerprint density at radius 1 is 1.56 bits per heavy atom.